The molecule has 30 heavy (non-hydrogen) atoms. The van der Waals surface area contributed by atoms with E-state index in [0.717, 1.165) is 12.0 Å². The molecule has 0 spiro atoms. The van der Waals surface area contributed by atoms with Gasteiger partial charge in [-0.15, -0.1) is 0 Å². The molecule has 0 saturated heterocycles. The van der Waals surface area contributed by atoms with Crippen LogP contribution in [-0.4, -0.2) is 43.0 Å². The molecule has 8 heteroatoms. The third-order valence-corrected chi connectivity index (χ3v) is 4.32. The predicted molar refractivity (Wildman–Crippen MR) is 114 cm³/mol. The minimum Gasteiger partial charge on any atom is -0.454 e. The molecule has 4 amide bonds. The first-order chi connectivity index (χ1) is 13.9. The van der Waals surface area contributed by atoms with E-state index >= 15 is 0 Å². The molecule has 0 unspecified atom stereocenters. The number of rotatable bonds is 8. The number of benzene rings is 1. The van der Waals surface area contributed by atoms with E-state index in [9.17, 15) is 19.2 Å². The molecule has 166 valence electrons. The molecule has 8 nitrogen and oxygen atoms in total. The molecule has 0 fully saturated rings. The van der Waals surface area contributed by atoms with E-state index in [1.165, 1.54) is 6.92 Å². The lowest BCUT2D eigenvalue weighted by atomic mass is 9.86. The molecular formula is C22H33N3O5. The van der Waals surface area contributed by atoms with Crippen LogP contribution in [0.3, 0.4) is 0 Å². The molecule has 0 aromatic heterocycles. The Morgan fingerprint density at radius 2 is 1.60 bits per heavy atom. The van der Waals surface area contributed by atoms with Crippen LogP contribution in [0, 0.1) is 5.92 Å². The SMILES string of the molecule is CC(C)CCNC(=O)NC(=O)COC(=O)[C@H](C)NC(=O)c1ccc(C(C)(C)C)cc1. The summed E-state index contributed by atoms with van der Waals surface area (Å²) in [7, 11) is 0. The Morgan fingerprint density at radius 3 is 2.13 bits per heavy atom. The Balaban J connectivity index is 2.42. The lowest BCUT2D eigenvalue weighted by molar-refractivity contribution is -0.149. The van der Waals surface area contributed by atoms with Gasteiger partial charge in [0.15, 0.2) is 6.61 Å². The highest BCUT2D eigenvalue weighted by Crippen LogP contribution is 2.22. The summed E-state index contributed by atoms with van der Waals surface area (Å²) in [5, 5.41) is 7.16. The van der Waals surface area contributed by atoms with Crippen LogP contribution in [0.4, 0.5) is 4.79 Å². The Morgan fingerprint density at radius 1 is 1.00 bits per heavy atom. The van der Waals surface area contributed by atoms with E-state index in [-0.39, 0.29) is 5.41 Å². The maximum absolute atomic E-state index is 12.3. The summed E-state index contributed by atoms with van der Waals surface area (Å²) < 4.78 is 4.86. The third kappa shape index (κ3) is 9.07. The molecule has 0 heterocycles. The van der Waals surface area contributed by atoms with E-state index in [1.54, 1.807) is 12.1 Å². The number of hydrogen-bond donors (Lipinski definition) is 3. The van der Waals surface area contributed by atoms with Crippen LogP contribution in [0.1, 0.15) is 63.9 Å². The van der Waals surface area contributed by atoms with Crippen molar-refractivity contribution in [3.63, 3.8) is 0 Å². The fourth-order valence-corrected chi connectivity index (χ4v) is 2.40. The highest BCUT2D eigenvalue weighted by molar-refractivity contribution is 5.98. The zero-order chi connectivity index (χ0) is 22.9. The summed E-state index contributed by atoms with van der Waals surface area (Å²) in [6.07, 6.45) is 0.784. The number of esters is 1. The van der Waals surface area contributed by atoms with Crippen LogP contribution >= 0.6 is 0 Å². The molecule has 1 rings (SSSR count). The summed E-state index contributed by atoms with van der Waals surface area (Å²) >= 11 is 0. The quantitative estimate of drug-likeness (QED) is 0.560. The van der Waals surface area contributed by atoms with Crippen molar-refractivity contribution >= 4 is 23.8 Å². The number of nitrogens with one attached hydrogen (secondary N) is 3. The fraction of sp³-hybridized carbons (Fsp3) is 0.545. The van der Waals surface area contributed by atoms with Gasteiger partial charge < -0.3 is 15.4 Å². The second-order valence-corrected chi connectivity index (χ2v) is 8.62. The number of ether oxygens (including phenoxy) is 1. The van der Waals surface area contributed by atoms with Gasteiger partial charge in [0.1, 0.15) is 6.04 Å². The molecule has 0 radical (unpaired) electrons. The minimum absolute atomic E-state index is 0.0298. The van der Waals surface area contributed by atoms with Crippen molar-refractivity contribution < 1.29 is 23.9 Å². The van der Waals surface area contributed by atoms with Gasteiger partial charge in [-0.1, -0.05) is 46.8 Å². The van der Waals surface area contributed by atoms with Crippen molar-refractivity contribution in [2.45, 2.75) is 59.4 Å². The van der Waals surface area contributed by atoms with E-state index < -0.39 is 36.5 Å². The van der Waals surface area contributed by atoms with Gasteiger partial charge in [0.25, 0.3) is 11.8 Å². The van der Waals surface area contributed by atoms with E-state index in [0.29, 0.717) is 18.0 Å². The average Bonchev–Trinajstić information content (AvgIpc) is 2.65. The number of hydrogen-bond acceptors (Lipinski definition) is 5. The topological polar surface area (TPSA) is 114 Å². The highest BCUT2D eigenvalue weighted by atomic mass is 16.5. The minimum atomic E-state index is -0.951. The molecule has 3 N–H and O–H groups in total. The number of carbonyl (C=O) groups excluding carboxylic acids is 4. The van der Waals surface area contributed by atoms with Gasteiger partial charge in [-0.25, -0.2) is 9.59 Å². The smallest absolute Gasteiger partial charge is 0.328 e. The maximum atomic E-state index is 12.3. The first kappa shape index (κ1) is 25.1. The molecule has 0 aliphatic carbocycles. The largest absolute Gasteiger partial charge is 0.454 e. The number of imide groups is 1. The van der Waals surface area contributed by atoms with Gasteiger partial charge in [-0.2, -0.15) is 0 Å². The van der Waals surface area contributed by atoms with Gasteiger partial charge in [0, 0.05) is 12.1 Å². The molecule has 0 aliphatic heterocycles. The molecule has 0 saturated carbocycles. The number of carbonyl (C=O) groups is 4. The van der Waals surface area contributed by atoms with Crippen molar-refractivity contribution in [2.75, 3.05) is 13.2 Å². The fourth-order valence-electron chi connectivity index (χ4n) is 2.40. The maximum Gasteiger partial charge on any atom is 0.328 e. The number of amides is 4. The molecular weight excluding hydrogens is 386 g/mol. The van der Waals surface area contributed by atoms with Gasteiger partial charge in [0.05, 0.1) is 0 Å². The molecule has 0 aliphatic rings. The van der Waals surface area contributed by atoms with Crippen molar-refractivity contribution in [3.05, 3.63) is 35.4 Å². The molecule has 1 aromatic rings. The van der Waals surface area contributed by atoms with E-state index in [2.05, 4.69) is 36.7 Å². The second-order valence-electron chi connectivity index (χ2n) is 8.62. The Kier molecular flexibility index (Phi) is 9.49. The first-order valence-corrected chi connectivity index (χ1v) is 10.1. The van der Waals surface area contributed by atoms with Crippen LogP contribution in [-0.2, 0) is 19.7 Å². The van der Waals surface area contributed by atoms with Crippen LogP contribution in [0.25, 0.3) is 0 Å². The summed E-state index contributed by atoms with van der Waals surface area (Å²) in [6.45, 7) is 11.5. The van der Waals surface area contributed by atoms with Crippen LogP contribution in [0.5, 0.6) is 0 Å². The zero-order valence-electron chi connectivity index (χ0n) is 18.6. The van der Waals surface area contributed by atoms with Crippen molar-refractivity contribution in [2.24, 2.45) is 5.92 Å². The monoisotopic (exact) mass is 419 g/mol. The Labute approximate surface area is 178 Å². The third-order valence-electron chi connectivity index (χ3n) is 4.32. The lowest BCUT2D eigenvalue weighted by Crippen LogP contribution is -2.44. The molecule has 0 bridgehead atoms. The molecule has 1 aromatic carbocycles. The Hall–Kier alpha value is -2.90. The van der Waals surface area contributed by atoms with Gasteiger partial charge >= 0.3 is 12.0 Å². The highest BCUT2D eigenvalue weighted by Gasteiger charge is 2.20. The predicted octanol–water partition coefficient (Wildman–Crippen LogP) is 2.52. The van der Waals surface area contributed by atoms with Gasteiger partial charge in [-0.3, -0.25) is 14.9 Å². The van der Waals surface area contributed by atoms with Crippen LogP contribution in [0.15, 0.2) is 24.3 Å². The summed E-state index contributed by atoms with van der Waals surface area (Å²) in [4.78, 5) is 47.6. The Bertz CT molecular complexity index is 751. The number of urea groups is 1. The van der Waals surface area contributed by atoms with Crippen molar-refractivity contribution in [3.8, 4) is 0 Å². The molecule has 1 atom stereocenters. The average molecular weight is 420 g/mol. The normalized spacial score (nSPS) is 12.1. The van der Waals surface area contributed by atoms with Gasteiger partial charge in [-0.05, 0) is 42.4 Å². The van der Waals surface area contributed by atoms with Crippen molar-refractivity contribution in [1.29, 1.82) is 0 Å². The summed E-state index contributed by atoms with van der Waals surface area (Å²) in [6, 6.07) is 5.53. The lowest BCUT2D eigenvalue weighted by Gasteiger charge is -2.19. The van der Waals surface area contributed by atoms with E-state index in [4.69, 9.17) is 4.74 Å². The van der Waals surface area contributed by atoms with Crippen LogP contribution in [0.2, 0.25) is 0 Å². The second kappa shape index (κ2) is 11.3. The standard InChI is InChI=1S/C22H33N3O5/c1-14(2)11-12-23-21(29)25-18(26)13-30-20(28)15(3)24-19(27)16-7-9-17(10-8-16)22(4,5)6/h7-10,14-15H,11-13H2,1-6H3,(H,24,27)(H2,23,25,26,29)/t15-/m0/s1. The summed E-state index contributed by atoms with van der Waals surface area (Å²) in [5.41, 5.74) is 1.47. The van der Waals surface area contributed by atoms with E-state index in [1.807, 2.05) is 26.0 Å². The van der Waals surface area contributed by atoms with Crippen molar-refractivity contribution in [1.82, 2.24) is 16.0 Å². The summed E-state index contributed by atoms with van der Waals surface area (Å²) in [5.74, 6) is -1.52. The zero-order valence-corrected chi connectivity index (χ0v) is 18.6. The van der Waals surface area contributed by atoms with Crippen LogP contribution < -0.4 is 16.0 Å². The van der Waals surface area contributed by atoms with Gasteiger partial charge in [0.2, 0.25) is 0 Å². The first-order valence-electron chi connectivity index (χ1n) is 10.1.